The lowest BCUT2D eigenvalue weighted by atomic mass is 9.82. The number of para-hydroxylation sites is 1. The number of ether oxygens (including phenoxy) is 4. The van der Waals surface area contributed by atoms with E-state index in [4.69, 9.17) is 34.0 Å². The van der Waals surface area contributed by atoms with Crippen LogP contribution < -0.4 is 18.9 Å². The Labute approximate surface area is 237 Å². The van der Waals surface area contributed by atoms with Crippen LogP contribution in [0, 0.1) is 13.8 Å². The fourth-order valence-electron chi connectivity index (χ4n) is 5.69. The zero-order valence-corrected chi connectivity index (χ0v) is 23.2. The summed E-state index contributed by atoms with van der Waals surface area (Å²) in [5.41, 5.74) is 5.63. The molecule has 8 nitrogen and oxygen atoms in total. The second-order valence-corrected chi connectivity index (χ2v) is 10.1. The van der Waals surface area contributed by atoms with E-state index < -0.39 is 0 Å². The minimum absolute atomic E-state index is 0.227. The largest absolute Gasteiger partial charge is 0.493 e. The summed E-state index contributed by atoms with van der Waals surface area (Å²) in [5.74, 6) is 3.74. The third-order valence-electron chi connectivity index (χ3n) is 7.63. The summed E-state index contributed by atoms with van der Waals surface area (Å²) in [5, 5.41) is 6.82. The first-order valence-electron chi connectivity index (χ1n) is 13.4. The van der Waals surface area contributed by atoms with E-state index in [1.807, 2.05) is 62.4 Å². The van der Waals surface area contributed by atoms with Crippen LogP contribution in [0.15, 0.2) is 79.1 Å². The fourth-order valence-corrected chi connectivity index (χ4v) is 5.69. The highest BCUT2D eigenvalue weighted by Crippen LogP contribution is 2.51. The summed E-state index contributed by atoms with van der Waals surface area (Å²) in [7, 11) is 3.27. The summed E-state index contributed by atoms with van der Waals surface area (Å²) < 4.78 is 25.6. The van der Waals surface area contributed by atoms with Crippen molar-refractivity contribution in [2.75, 3.05) is 14.2 Å². The van der Waals surface area contributed by atoms with Crippen LogP contribution in [0.3, 0.4) is 0 Å². The van der Waals surface area contributed by atoms with Crippen molar-refractivity contribution in [1.29, 1.82) is 0 Å². The van der Waals surface area contributed by atoms with Crippen molar-refractivity contribution >= 4 is 16.4 Å². The van der Waals surface area contributed by atoms with Gasteiger partial charge in [-0.05, 0) is 48.1 Å². The van der Waals surface area contributed by atoms with Gasteiger partial charge in [0.05, 0.1) is 19.8 Å². The Hall–Kier alpha value is -5.11. The molecule has 0 bridgehead atoms. The Morgan fingerprint density at radius 2 is 1.68 bits per heavy atom. The molecule has 1 aliphatic heterocycles. The molecule has 204 valence electrons. The summed E-state index contributed by atoms with van der Waals surface area (Å²) in [6.07, 6.45) is 1.64. The molecule has 2 aromatic heterocycles. The van der Waals surface area contributed by atoms with E-state index in [0.29, 0.717) is 28.9 Å². The van der Waals surface area contributed by atoms with Gasteiger partial charge in [0.1, 0.15) is 24.4 Å². The number of rotatable bonds is 6. The summed E-state index contributed by atoms with van der Waals surface area (Å²) in [4.78, 5) is 9.65. The van der Waals surface area contributed by atoms with Crippen LogP contribution in [0.1, 0.15) is 39.6 Å². The van der Waals surface area contributed by atoms with E-state index in [1.165, 1.54) is 0 Å². The highest BCUT2D eigenvalue weighted by Gasteiger charge is 2.35. The zero-order chi connectivity index (χ0) is 28.1. The quantitative estimate of drug-likeness (QED) is 0.228. The molecule has 0 saturated carbocycles. The van der Waals surface area contributed by atoms with Crippen molar-refractivity contribution < 1.29 is 18.9 Å². The topological polar surface area (TPSA) is 80.0 Å². The monoisotopic (exact) mass is 544 g/mol. The number of fused-ring (bicyclic) bond motifs is 6. The first kappa shape index (κ1) is 24.9. The van der Waals surface area contributed by atoms with Gasteiger partial charge in [-0.1, -0.05) is 60.7 Å². The van der Waals surface area contributed by atoms with Crippen molar-refractivity contribution in [2.24, 2.45) is 0 Å². The maximum absolute atomic E-state index is 6.54. The van der Waals surface area contributed by atoms with Crippen LogP contribution in [0.25, 0.3) is 16.4 Å². The second-order valence-electron chi connectivity index (χ2n) is 10.1. The van der Waals surface area contributed by atoms with Crippen molar-refractivity contribution in [3.63, 3.8) is 0 Å². The average Bonchev–Trinajstić information content (AvgIpc) is 3.42. The predicted octanol–water partition coefficient (Wildman–Crippen LogP) is 6.78. The molecule has 7 rings (SSSR count). The molecule has 1 atom stereocenters. The molecular formula is C33H28N4O4. The van der Waals surface area contributed by atoms with Crippen molar-refractivity contribution in [3.8, 4) is 28.9 Å². The molecule has 0 radical (unpaired) electrons. The molecule has 41 heavy (non-hydrogen) atoms. The van der Waals surface area contributed by atoms with E-state index >= 15 is 0 Å². The lowest BCUT2D eigenvalue weighted by Crippen LogP contribution is -2.15. The van der Waals surface area contributed by atoms with Gasteiger partial charge in [0, 0.05) is 16.9 Å². The number of aromatic nitrogens is 4. The number of methoxy groups -OCH3 is 2. The van der Waals surface area contributed by atoms with Gasteiger partial charge >= 0.3 is 0 Å². The van der Waals surface area contributed by atoms with Gasteiger partial charge in [-0.15, -0.1) is 5.10 Å². The Kier molecular flexibility index (Phi) is 5.96. The minimum Gasteiger partial charge on any atom is -0.493 e. The number of benzene rings is 4. The SMILES string of the molecule is COc1ccc([C@H]2c3ccc4ccccc4c3Oc3ncn4nc(COc5c(C)cccc5C)nc4c32)cc1OC. The zero-order valence-electron chi connectivity index (χ0n) is 23.2. The predicted molar refractivity (Wildman–Crippen MR) is 156 cm³/mol. The van der Waals surface area contributed by atoms with Gasteiger partial charge in [-0.25, -0.2) is 14.5 Å². The van der Waals surface area contributed by atoms with Gasteiger partial charge in [0.25, 0.3) is 0 Å². The fraction of sp³-hybridized carbons (Fsp3) is 0.182. The van der Waals surface area contributed by atoms with Crippen LogP contribution in [-0.4, -0.2) is 33.8 Å². The van der Waals surface area contributed by atoms with Gasteiger partial charge < -0.3 is 18.9 Å². The smallest absolute Gasteiger partial charge is 0.228 e. The molecule has 4 aromatic carbocycles. The summed E-state index contributed by atoms with van der Waals surface area (Å²) >= 11 is 0. The van der Waals surface area contributed by atoms with Gasteiger partial charge in [-0.3, -0.25) is 0 Å². The minimum atomic E-state index is -0.244. The molecule has 3 heterocycles. The number of aryl methyl sites for hydroxylation is 2. The Morgan fingerprint density at radius 1 is 0.878 bits per heavy atom. The standard InChI is InChI=1S/C33H28N4O4/c1-19-8-7-9-20(2)30(19)40-17-27-35-32-29-28(22-13-15-25(38-3)26(16-22)39-4)24-14-12-21-10-5-6-11-23(21)31(24)41-33(29)34-18-37(32)36-27/h5-16,18,28H,17H2,1-4H3/t28-/m0/s1. The maximum Gasteiger partial charge on any atom is 0.228 e. The lowest BCUT2D eigenvalue weighted by Gasteiger charge is -2.29. The second kappa shape index (κ2) is 9.82. The van der Waals surface area contributed by atoms with Crippen LogP contribution in [0.5, 0.6) is 28.9 Å². The molecule has 0 aliphatic carbocycles. The molecule has 0 fully saturated rings. The van der Waals surface area contributed by atoms with E-state index in [9.17, 15) is 0 Å². The van der Waals surface area contributed by atoms with Crippen molar-refractivity contribution in [1.82, 2.24) is 19.6 Å². The number of nitrogens with zero attached hydrogens (tertiary/aromatic N) is 4. The number of hydrogen-bond acceptors (Lipinski definition) is 7. The molecule has 8 heteroatoms. The third-order valence-corrected chi connectivity index (χ3v) is 7.63. The van der Waals surface area contributed by atoms with E-state index in [-0.39, 0.29) is 12.5 Å². The van der Waals surface area contributed by atoms with Crippen LogP contribution in [-0.2, 0) is 6.61 Å². The summed E-state index contributed by atoms with van der Waals surface area (Å²) in [6.45, 7) is 4.29. The summed E-state index contributed by atoms with van der Waals surface area (Å²) in [6, 6.07) is 24.5. The molecular weight excluding hydrogens is 516 g/mol. The molecule has 1 aliphatic rings. The van der Waals surface area contributed by atoms with E-state index in [0.717, 1.165) is 50.1 Å². The Balaban J connectivity index is 1.39. The molecule has 6 aromatic rings. The van der Waals surface area contributed by atoms with E-state index in [2.05, 4.69) is 24.3 Å². The first-order valence-corrected chi connectivity index (χ1v) is 13.4. The van der Waals surface area contributed by atoms with Crippen molar-refractivity contribution in [2.45, 2.75) is 26.4 Å². The lowest BCUT2D eigenvalue weighted by molar-refractivity contribution is 0.292. The van der Waals surface area contributed by atoms with Crippen molar-refractivity contribution in [3.05, 3.63) is 113 Å². The Bertz CT molecular complexity index is 1930. The highest BCUT2D eigenvalue weighted by molar-refractivity contribution is 5.91. The molecule has 0 amide bonds. The normalized spacial score (nSPS) is 13.9. The van der Waals surface area contributed by atoms with Gasteiger partial charge in [0.15, 0.2) is 23.0 Å². The third kappa shape index (κ3) is 4.10. The molecule has 0 saturated heterocycles. The van der Waals surface area contributed by atoms with Crippen LogP contribution >= 0.6 is 0 Å². The van der Waals surface area contributed by atoms with E-state index in [1.54, 1.807) is 25.1 Å². The Morgan fingerprint density at radius 3 is 2.49 bits per heavy atom. The average molecular weight is 545 g/mol. The number of hydrogen-bond donors (Lipinski definition) is 0. The van der Waals surface area contributed by atoms with Gasteiger partial charge in [0.2, 0.25) is 5.88 Å². The van der Waals surface area contributed by atoms with Crippen LogP contribution in [0.2, 0.25) is 0 Å². The van der Waals surface area contributed by atoms with Gasteiger partial charge in [-0.2, -0.15) is 0 Å². The maximum atomic E-state index is 6.54. The molecule has 0 spiro atoms. The van der Waals surface area contributed by atoms with Crippen LogP contribution in [0.4, 0.5) is 0 Å². The molecule has 0 N–H and O–H groups in total. The highest BCUT2D eigenvalue weighted by atomic mass is 16.5. The first-order chi connectivity index (χ1) is 20.1. The molecule has 0 unspecified atom stereocenters.